The number of hydrogen-bond acceptors (Lipinski definition) is 7. The molecule has 0 aliphatic carbocycles. The first-order chi connectivity index (χ1) is 15.0. The van der Waals surface area contributed by atoms with Gasteiger partial charge in [0, 0.05) is 63.9 Å². The van der Waals surface area contributed by atoms with Crippen LogP contribution >= 0.6 is 0 Å². The minimum Gasteiger partial charge on any atom is -0.365 e. The van der Waals surface area contributed by atoms with Gasteiger partial charge in [-0.3, -0.25) is 4.79 Å². The van der Waals surface area contributed by atoms with Crippen molar-refractivity contribution in [1.82, 2.24) is 24.5 Å². The quantitative estimate of drug-likeness (QED) is 0.629. The summed E-state index contributed by atoms with van der Waals surface area (Å²) >= 11 is 0. The Morgan fingerprint density at radius 1 is 1.16 bits per heavy atom. The monoisotopic (exact) mass is 416 g/mol. The van der Waals surface area contributed by atoms with Crippen LogP contribution in [0, 0.1) is 11.3 Å². The number of anilines is 2. The molecule has 158 valence electrons. The lowest BCUT2D eigenvalue weighted by atomic mass is 9.97. The second-order valence-electron chi connectivity index (χ2n) is 8.20. The van der Waals surface area contributed by atoms with Gasteiger partial charge < -0.3 is 14.7 Å². The number of piperazine rings is 1. The van der Waals surface area contributed by atoms with Gasteiger partial charge in [0.15, 0.2) is 0 Å². The first-order valence-corrected chi connectivity index (χ1v) is 10.5. The van der Waals surface area contributed by atoms with E-state index in [0.717, 1.165) is 48.0 Å². The van der Waals surface area contributed by atoms with Gasteiger partial charge in [-0.2, -0.15) is 10.4 Å². The summed E-state index contributed by atoms with van der Waals surface area (Å²) in [7, 11) is 0. The molecule has 0 saturated carbocycles. The molecule has 1 amide bonds. The Hall–Kier alpha value is -3.67. The van der Waals surface area contributed by atoms with Gasteiger partial charge in [0.2, 0.25) is 11.9 Å². The molecule has 0 N–H and O–H groups in total. The zero-order valence-electron chi connectivity index (χ0n) is 17.7. The van der Waals surface area contributed by atoms with Gasteiger partial charge in [-0.1, -0.05) is 6.92 Å². The largest absolute Gasteiger partial charge is 0.365 e. The number of aromatic nitrogens is 4. The minimum atomic E-state index is 0.120. The topological polar surface area (TPSA) is 93.7 Å². The van der Waals surface area contributed by atoms with Crippen LogP contribution in [0.25, 0.3) is 5.52 Å². The van der Waals surface area contributed by atoms with Crippen molar-refractivity contribution in [3.8, 4) is 6.07 Å². The van der Waals surface area contributed by atoms with Crippen molar-refractivity contribution in [2.24, 2.45) is 0 Å². The van der Waals surface area contributed by atoms with Crippen molar-refractivity contribution >= 4 is 23.1 Å². The Morgan fingerprint density at radius 3 is 2.71 bits per heavy atom. The van der Waals surface area contributed by atoms with Crippen LogP contribution in [-0.4, -0.2) is 63.1 Å². The van der Waals surface area contributed by atoms with Crippen LogP contribution in [0.3, 0.4) is 0 Å². The Labute approximate surface area is 180 Å². The second-order valence-corrected chi connectivity index (χ2v) is 8.20. The van der Waals surface area contributed by atoms with E-state index in [4.69, 9.17) is 4.98 Å². The summed E-state index contributed by atoms with van der Waals surface area (Å²) in [4.78, 5) is 27.5. The van der Waals surface area contributed by atoms with Crippen LogP contribution in [0.15, 0.2) is 30.6 Å². The number of nitriles is 1. The van der Waals surface area contributed by atoms with Crippen molar-refractivity contribution in [3.05, 3.63) is 47.5 Å². The van der Waals surface area contributed by atoms with Crippen LogP contribution in [0.1, 0.15) is 36.7 Å². The predicted molar refractivity (Wildman–Crippen MR) is 116 cm³/mol. The summed E-state index contributed by atoms with van der Waals surface area (Å²) in [5, 5.41) is 13.6. The molecular weight excluding hydrogens is 392 g/mol. The molecule has 31 heavy (non-hydrogen) atoms. The fourth-order valence-electron chi connectivity index (χ4n) is 4.56. The van der Waals surface area contributed by atoms with Gasteiger partial charge in [0.25, 0.3) is 0 Å². The summed E-state index contributed by atoms with van der Waals surface area (Å²) in [6, 6.07) is 7.95. The summed E-state index contributed by atoms with van der Waals surface area (Å²) in [6.07, 6.45) is 3.66. The number of amides is 1. The first kappa shape index (κ1) is 19.3. The molecule has 2 aliphatic rings. The summed E-state index contributed by atoms with van der Waals surface area (Å²) in [5.74, 6) is 1.11. The molecule has 0 spiro atoms. The highest BCUT2D eigenvalue weighted by Crippen LogP contribution is 2.33. The molecule has 0 bridgehead atoms. The highest BCUT2D eigenvalue weighted by molar-refractivity contribution is 5.74. The van der Waals surface area contributed by atoms with E-state index in [-0.39, 0.29) is 11.8 Å². The fraction of sp³-hybridized carbons (Fsp3) is 0.409. The standard InChI is InChI=1S/C22H24N8O/c1-15-13-29(19-4-3-18(11-23)30-20(19)5-6-25-30)14-17-12-24-22(26-21(15)17)28-9-7-27(8-10-28)16(2)31/h3-6,12,15H,7-10,13-14H2,1-2H3/t15-/m1/s1. The molecule has 3 aromatic heterocycles. The van der Waals surface area contributed by atoms with E-state index in [9.17, 15) is 10.1 Å². The Balaban J connectivity index is 1.40. The molecule has 3 aromatic rings. The van der Waals surface area contributed by atoms with Crippen LogP contribution in [-0.2, 0) is 11.3 Å². The van der Waals surface area contributed by atoms with E-state index in [1.165, 1.54) is 0 Å². The normalized spacial score (nSPS) is 18.7. The predicted octanol–water partition coefficient (Wildman–Crippen LogP) is 1.79. The molecule has 0 unspecified atom stereocenters. The maximum Gasteiger partial charge on any atom is 0.225 e. The van der Waals surface area contributed by atoms with Gasteiger partial charge in [0.1, 0.15) is 11.8 Å². The van der Waals surface area contributed by atoms with E-state index in [1.807, 2.05) is 29.3 Å². The highest BCUT2D eigenvalue weighted by Gasteiger charge is 2.28. The SMILES string of the molecule is CC(=O)N1CCN(c2ncc3c(n2)[C@H](C)CN(c2ccc(C#N)n4nccc24)C3)CC1. The van der Waals surface area contributed by atoms with Crippen LogP contribution < -0.4 is 9.80 Å². The van der Waals surface area contributed by atoms with Gasteiger partial charge in [-0.15, -0.1) is 0 Å². The summed E-state index contributed by atoms with van der Waals surface area (Å²) < 4.78 is 1.69. The molecule has 0 radical (unpaired) electrons. The number of carbonyl (C=O) groups is 1. The second kappa shape index (κ2) is 7.54. The molecular formula is C22H24N8O. The van der Waals surface area contributed by atoms with E-state index in [2.05, 4.69) is 32.9 Å². The number of nitrogens with zero attached hydrogens (tertiary/aromatic N) is 8. The number of hydrogen-bond donors (Lipinski definition) is 0. The maximum absolute atomic E-state index is 11.6. The third-order valence-electron chi connectivity index (χ3n) is 6.20. The van der Waals surface area contributed by atoms with Gasteiger partial charge >= 0.3 is 0 Å². The molecule has 5 heterocycles. The van der Waals surface area contributed by atoms with Crippen molar-refractivity contribution < 1.29 is 4.79 Å². The summed E-state index contributed by atoms with van der Waals surface area (Å²) in [6.45, 7) is 8.26. The third-order valence-corrected chi connectivity index (χ3v) is 6.20. The number of rotatable bonds is 2. The van der Waals surface area contributed by atoms with E-state index in [1.54, 1.807) is 17.6 Å². The van der Waals surface area contributed by atoms with Crippen molar-refractivity contribution in [2.75, 3.05) is 42.5 Å². The summed E-state index contributed by atoms with van der Waals surface area (Å²) in [5.41, 5.74) is 4.71. The van der Waals surface area contributed by atoms with Crippen molar-refractivity contribution in [3.63, 3.8) is 0 Å². The van der Waals surface area contributed by atoms with E-state index in [0.29, 0.717) is 25.3 Å². The van der Waals surface area contributed by atoms with Gasteiger partial charge in [-0.25, -0.2) is 14.5 Å². The molecule has 5 rings (SSSR count). The maximum atomic E-state index is 11.6. The number of fused-ring (bicyclic) bond motifs is 2. The zero-order valence-corrected chi connectivity index (χ0v) is 17.7. The molecule has 0 aromatic carbocycles. The zero-order chi connectivity index (χ0) is 21.5. The molecule has 9 heteroatoms. The number of carbonyl (C=O) groups excluding carboxylic acids is 1. The van der Waals surface area contributed by atoms with Crippen LogP contribution in [0.2, 0.25) is 0 Å². The van der Waals surface area contributed by atoms with Crippen LogP contribution in [0.5, 0.6) is 0 Å². The molecule has 2 aliphatic heterocycles. The van der Waals surface area contributed by atoms with Crippen LogP contribution in [0.4, 0.5) is 11.6 Å². The molecule has 1 fully saturated rings. The Morgan fingerprint density at radius 2 is 1.97 bits per heavy atom. The lowest BCUT2D eigenvalue weighted by Crippen LogP contribution is -2.48. The lowest BCUT2D eigenvalue weighted by Gasteiger charge is -2.36. The molecule has 1 atom stereocenters. The van der Waals surface area contributed by atoms with Crippen molar-refractivity contribution in [2.45, 2.75) is 26.3 Å². The highest BCUT2D eigenvalue weighted by atomic mass is 16.2. The van der Waals surface area contributed by atoms with E-state index < -0.39 is 0 Å². The Bertz CT molecular complexity index is 1190. The smallest absolute Gasteiger partial charge is 0.225 e. The third kappa shape index (κ3) is 3.34. The lowest BCUT2D eigenvalue weighted by molar-refractivity contribution is -0.129. The fourth-order valence-corrected chi connectivity index (χ4v) is 4.56. The molecule has 9 nitrogen and oxygen atoms in total. The van der Waals surface area contributed by atoms with Gasteiger partial charge in [0.05, 0.1) is 23.1 Å². The number of pyridine rings is 1. The average Bonchev–Trinajstić information content (AvgIpc) is 3.28. The van der Waals surface area contributed by atoms with E-state index >= 15 is 0 Å². The average molecular weight is 416 g/mol. The molecule has 1 saturated heterocycles. The van der Waals surface area contributed by atoms with Gasteiger partial charge in [-0.05, 0) is 18.2 Å². The first-order valence-electron chi connectivity index (χ1n) is 10.5. The Kier molecular flexibility index (Phi) is 4.70. The minimum absolute atomic E-state index is 0.120. The van der Waals surface area contributed by atoms with Crippen molar-refractivity contribution in [1.29, 1.82) is 5.26 Å².